The summed E-state index contributed by atoms with van der Waals surface area (Å²) in [5.74, 6) is 0.488. The van der Waals surface area contributed by atoms with E-state index < -0.39 is 0 Å². The molecule has 0 spiro atoms. The van der Waals surface area contributed by atoms with E-state index in [1.54, 1.807) is 0 Å². The highest BCUT2D eigenvalue weighted by Gasteiger charge is 2.17. The number of benzene rings is 1. The first-order valence-corrected chi connectivity index (χ1v) is 6.62. The highest BCUT2D eigenvalue weighted by molar-refractivity contribution is 5.36. The van der Waals surface area contributed by atoms with Crippen LogP contribution in [0.25, 0.3) is 0 Å². The summed E-state index contributed by atoms with van der Waals surface area (Å²) < 4.78 is 0. The molecule has 0 saturated carbocycles. The zero-order valence-electron chi connectivity index (χ0n) is 11.9. The summed E-state index contributed by atoms with van der Waals surface area (Å²) >= 11 is 0. The third kappa shape index (κ3) is 3.57. The molecule has 1 N–H and O–H groups in total. The van der Waals surface area contributed by atoms with Crippen molar-refractivity contribution in [3.8, 4) is 0 Å². The smallest absolute Gasteiger partial charge is 0.0436 e. The van der Waals surface area contributed by atoms with Crippen molar-refractivity contribution in [3.05, 3.63) is 34.9 Å². The molecule has 0 heterocycles. The standard InChI is InChI=1S/C16H26O/c1-6-13(9-10-17)15-11-14(16(3,4)5)8-7-12(15)2/h7-8,11,13,17H,6,9-10H2,1-5H3. The van der Waals surface area contributed by atoms with Crippen LogP contribution in [0.5, 0.6) is 0 Å². The van der Waals surface area contributed by atoms with Crippen molar-refractivity contribution in [1.82, 2.24) is 0 Å². The molecular weight excluding hydrogens is 208 g/mol. The largest absolute Gasteiger partial charge is 0.396 e. The van der Waals surface area contributed by atoms with Gasteiger partial charge in [0.05, 0.1) is 0 Å². The second kappa shape index (κ2) is 5.68. The number of hydrogen-bond acceptors (Lipinski definition) is 1. The maximum atomic E-state index is 9.15. The van der Waals surface area contributed by atoms with Crippen LogP contribution in [0.2, 0.25) is 0 Å². The fraction of sp³-hybridized carbons (Fsp3) is 0.625. The summed E-state index contributed by atoms with van der Waals surface area (Å²) in [6.45, 7) is 11.4. The van der Waals surface area contributed by atoms with Crippen molar-refractivity contribution in [2.45, 2.75) is 58.8 Å². The van der Waals surface area contributed by atoms with E-state index in [1.165, 1.54) is 16.7 Å². The van der Waals surface area contributed by atoms with Gasteiger partial charge in [0.1, 0.15) is 0 Å². The Bertz CT molecular complexity index is 360. The highest BCUT2D eigenvalue weighted by atomic mass is 16.3. The second-order valence-electron chi connectivity index (χ2n) is 5.94. The average molecular weight is 234 g/mol. The average Bonchev–Trinajstić information content (AvgIpc) is 2.25. The van der Waals surface area contributed by atoms with Crippen molar-refractivity contribution in [2.24, 2.45) is 0 Å². The van der Waals surface area contributed by atoms with E-state index in [2.05, 4.69) is 52.8 Å². The van der Waals surface area contributed by atoms with Crippen LogP contribution in [-0.2, 0) is 5.41 Å². The number of rotatable bonds is 4. The molecule has 96 valence electrons. The number of aliphatic hydroxyl groups is 1. The van der Waals surface area contributed by atoms with Gasteiger partial charge in [0, 0.05) is 6.61 Å². The van der Waals surface area contributed by atoms with Gasteiger partial charge in [0.25, 0.3) is 0 Å². The lowest BCUT2D eigenvalue weighted by molar-refractivity contribution is 0.274. The molecule has 0 aliphatic heterocycles. The summed E-state index contributed by atoms with van der Waals surface area (Å²) in [4.78, 5) is 0. The van der Waals surface area contributed by atoms with Gasteiger partial charge in [0.15, 0.2) is 0 Å². The second-order valence-corrected chi connectivity index (χ2v) is 5.94. The third-order valence-corrected chi connectivity index (χ3v) is 3.56. The van der Waals surface area contributed by atoms with Crippen LogP contribution >= 0.6 is 0 Å². The summed E-state index contributed by atoms with van der Waals surface area (Å²) in [6, 6.07) is 6.78. The van der Waals surface area contributed by atoms with E-state index in [1.807, 2.05) is 0 Å². The Morgan fingerprint density at radius 2 is 1.88 bits per heavy atom. The molecule has 0 aliphatic carbocycles. The lowest BCUT2D eigenvalue weighted by atomic mass is 9.82. The number of aliphatic hydroxyl groups excluding tert-OH is 1. The van der Waals surface area contributed by atoms with E-state index in [0.717, 1.165) is 12.8 Å². The maximum absolute atomic E-state index is 9.15. The van der Waals surface area contributed by atoms with E-state index in [0.29, 0.717) is 5.92 Å². The lowest BCUT2D eigenvalue weighted by Gasteiger charge is -2.23. The fourth-order valence-corrected chi connectivity index (χ4v) is 2.28. The first-order chi connectivity index (χ1) is 7.90. The topological polar surface area (TPSA) is 20.2 Å². The zero-order chi connectivity index (χ0) is 13.1. The van der Waals surface area contributed by atoms with Crippen LogP contribution in [0.15, 0.2) is 18.2 Å². The molecule has 0 saturated heterocycles. The molecule has 1 atom stereocenters. The molecule has 1 heteroatoms. The van der Waals surface area contributed by atoms with Crippen molar-refractivity contribution < 1.29 is 5.11 Å². The molecule has 0 radical (unpaired) electrons. The molecule has 1 nitrogen and oxygen atoms in total. The van der Waals surface area contributed by atoms with Crippen molar-refractivity contribution in [2.75, 3.05) is 6.61 Å². The van der Waals surface area contributed by atoms with Crippen LogP contribution in [-0.4, -0.2) is 11.7 Å². The Morgan fingerprint density at radius 1 is 1.24 bits per heavy atom. The van der Waals surface area contributed by atoms with Gasteiger partial charge in [-0.3, -0.25) is 0 Å². The summed E-state index contributed by atoms with van der Waals surface area (Å²) in [7, 11) is 0. The summed E-state index contributed by atoms with van der Waals surface area (Å²) in [5.41, 5.74) is 4.33. The molecular formula is C16H26O. The maximum Gasteiger partial charge on any atom is 0.0436 e. The Kier molecular flexibility index (Phi) is 4.76. The number of aryl methyl sites for hydroxylation is 1. The number of hydrogen-bond donors (Lipinski definition) is 1. The van der Waals surface area contributed by atoms with Gasteiger partial charge in [-0.25, -0.2) is 0 Å². The summed E-state index contributed by atoms with van der Waals surface area (Å²) in [5, 5.41) is 9.15. The molecule has 1 rings (SSSR count). The van der Waals surface area contributed by atoms with E-state index >= 15 is 0 Å². The van der Waals surface area contributed by atoms with Gasteiger partial charge >= 0.3 is 0 Å². The van der Waals surface area contributed by atoms with Gasteiger partial charge in [-0.2, -0.15) is 0 Å². The first kappa shape index (κ1) is 14.2. The molecule has 0 bridgehead atoms. The Labute approximate surface area is 106 Å². The van der Waals surface area contributed by atoms with Crippen LogP contribution in [0.4, 0.5) is 0 Å². The zero-order valence-corrected chi connectivity index (χ0v) is 11.9. The predicted octanol–water partition coefficient (Wildman–Crippen LogP) is 4.17. The fourth-order valence-electron chi connectivity index (χ4n) is 2.28. The quantitative estimate of drug-likeness (QED) is 0.829. The highest BCUT2D eigenvalue weighted by Crippen LogP contribution is 2.31. The van der Waals surface area contributed by atoms with E-state index in [9.17, 15) is 0 Å². The minimum absolute atomic E-state index is 0.194. The van der Waals surface area contributed by atoms with Gasteiger partial charge in [-0.05, 0) is 47.8 Å². The Hall–Kier alpha value is -0.820. The van der Waals surface area contributed by atoms with E-state index in [-0.39, 0.29) is 12.0 Å². The molecule has 0 aromatic heterocycles. The SMILES string of the molecule is CCC(CCO)c1cc(C(C)(C)C)ccc1C. The minimum atomic E-state index is 0.194. The Balaban J connectivity index is 3.13. The van der Waals surface area contributed by atoms with E-state index in [4.69, 9.17) is 5.11 Å². The van der Waals surface area contributed by atoms with Gasteiger partial charge in [-0.15, -0.1) is 0 Å². The van der Waals surface area contributed by atoms with Gasteiger partial charge in [-0.1, -0.05) is 45.9 Å². The molecule has 1 aromatic carbocycles. The Morgan fingerprint density at radius 3 is 2.35 bits per heavy atom. The first-order valence-electron chi connectivity index (χ1n) is 6.62. The lowest BCUT2D eigenvalue weighted by Crippen LogP contribution is -2.13. The molecule has 0 amide bonds. The minimum Gasteiger partial charge on any atom is -0.396 e. The van der Waals surface area contributed by atoms with Gasteiger partial charge < -0.3 is 5.11 Å². The monoisotopic (exact) mass is 234 g/mol. The summed E-state index contributed by atoms with van der Waals surface area (Å²) in [6.07, 6.45) is 1.96. The van der Waals surface area contributed by atoms with Crippen LogP contribution < -0.4 is 0 Å². The van der Waals surface area contributed by atoms with Crippen LogP contribution in [0.3, 0.4) is 0 Å². The van der Waals surface area contributed by atoms with Crippen molar-refractivity contribution in [3.63, 3.8) is 0 Å². The molecule has 0 aliphatic rings. The van der Waals surface area contributed by atoms with Crippen molar-refractivity contribution in [1.29, 1.82) is 0 Å². The normalized spacial score (nSPS) is 13.8. The van der Waals surface area contributed by atoms with Gasteiger partial charge in [0.2, 0.25) is 0 Å². The van der Waals surface area contributed by atoms with Crippen LogP contribution in [0, 0.1) is 6.92 Å². The molecule has 1 aromatic rings. The predicted molar refractivity (Wildman–Crippen MR) is 74.6 cm³/mol. The van der Waals surface area contributed by atoms with Crippen LogP contribution in [0.1, 0.15) is 63.1 Å². The molecule has 17 heavy (non-hydrogen) atoms. The third-order valence-electron chi connectivity index (χ3n) is 3.56. The molecule has 0 fully saturated rings. The van der Waals surface area contributed by atoms with Crippen molar-refractivity contribution >= 4 is 0 Å². The molecule has 1 unspecified atom stereocenters.